The Morgan fingerprint density at radius 1 is 0.880 bits per heavy atom. The summed E-state index contributed by atoms with van der Waals surface area (Å²) in [5.41, 5.74) is 0. The molecule has 7 nitrogen and oxygen atoms in total. The summed E-state index contributed by atoms with van der Waals surface area (Å²) in [4.78, 5) is 22.1. The summed E-state index contributed by atoms with van der Waals surface area (Å²) in [7, 11) is -5.01. The van der Waals surface area contributed by atoms with Gasteiger partial charge in [0.25, 0.3) is 10.1 Å². The molecule has 0 aromatic heterocycles. The summed E-state index contributed by atoms with van der Waals surface area (Å²) in [6, 6.07) is 0. The van der Waals surface area contributed by atoms with Gasteiger partial charge in [-0.1, -0.05) is 71.1 Å². The third kappa shape index (κ3) is 11.0. The second-order valence-corrected chi connectivity index (χ2v) is 8.01. The van der Waals surface area contributed by atoms with Crippen LogP contribution in [0.4, 0.5) is 0 Å². The van der Waals surface area contributed by atoms with Gasteiger partial charge in [-0.3, -0.25) is 14.1 Å². The number of unbranched alkanes of at least 4 members (excludes halogenated alkanes) is 9. The van der Waals surface area contributed by atoms with Crippen LogP contribution in [0.1, 0.15) is 85.4 Å². The Hall–Kier alpha value is 0.486. The van der Waals surface area contributed by atoms with E-state index in [1.165, 1.54) is 25.7 Å². The van der Waals surface area contributed by atoms with Crippen molar-refractivity contribution in [1.29, 1.82) is 0 Å². The van der Waals surface area contributed by atoms with Crippen LogP contribution in [0.15, 0.2) is 0 Å². The van der Waals surface area contributed by atoms with Crippen molar-refractivity contribution in [1.82, 2.24) is 0 Å². The molecule has 0 fully saturated rings. The largest absolute Gasteiger partial charge is 1.00 e. The van der Waals surface area contributed by atoms with Crippen LogP contribution in [0.25, 0.3) is 0 Å². The van der Waals surface area contributed by atoms with Crippen molar-refractivity contribution in [2.75, 3.05) is 0 Å². The zero-order valence-electron chi connectivity index (χ0n) is 16.4. The molecule has 0 rings (SSSR count). The van der Waals surface area contributed by atoms with Crippen LogP contribution in [0.2, 0.25) is 0 Å². The van der Waals surface area contributed by atoms with Crippen LogP contribution < -0.4 is 51.4 Å². The summed E-state index contributed by atoms with van der Waals surface area (Å²) in [6.07, 6.45) is 8.27. The first kappa shape index (κ1) is 27.7. The second kappa shape index (κ2) is 14.5. The van der Waals surface area contributed by atoms with Gasteiger partial charge in [-0.25, -0.2) is 0 Å². The van der Waals surface area contributed by atoms with Gasteiger partial charge in [0.15, 0.2) is 0 Å². The molecule has 0 aromatic carbocycles. The Labute approximate surface area is 194 Å². The smallest absolute Gasteiger partial charge is 1.00 e. The maximum absolute atomic E-state index is 11.4. The molecule has 0 aliphatic rings. The van der Waals surface area contributed by atoms with Crippen LogP contribution in [0, 0.1) is 0 Å². The fraction of sp³-hybridized carbons (Fsp3) is 0.875. The molecule has 0 aliphatic heterocycles. The van der Waals surface area contributed by atoms with E-state index in [0.717, 1.165) is 25.7 Å². The molecule has 0 heterocycles. The van der Waals surface area contributed by atoms with Crippen LogP contribution in [-0.4, -0.2) is 39.9 Å². The third-order valence-electron chi connectivity index (χ3n) is 4.25. The van der Waals surface area contributed by atoms with Gasteiger partial charge in [-0.05, 0) is 6.42 Å². The Morgan fingerprint density at radius 3 is 1.60 bits per heavy atom. The standard InChI is InChI=1S/C16H30O7S.K.H/c1-2-3-4-5-6-7-8-9-10-11-12-16(15(19)20,13-14(17)18)24(21,22)23;;/h2-13H2,1H3,(H,17,18)(H,19,20)(H,21,22,23);;/q;+1;-1. The van der Waals surface area contributed by atoms with Crippen LogP contribution in [0.5, 0.6) is 0 Å². The number of hydrogen-bond acceptors (Lipinski definition) is 4. The van der Waals surface area contributed by atoms with Gasteiger partial charge in [0.05, 0.1) is 6.42 Å². The molecule has 0 aliphatic carbocycles. The molecule has 0 saturated heterocycles. The van der Waals surface area contributed by atoms with Crippen molar-refractivity contribution < 1.29 is 85.6 Å². The minimum atomic E-state index is -5.01. The summed E-state index contributed by atoms with van der Waals surface area (Å²) in [5.74, 6) is -3.38. The van der Waals surface area contributed by atoms with Crippen molar-refractivity contribution in [3.63, 3.8) is 0 Å². The Bertz CT molecular complexity index is 499. The van der Waals surface area contributed by atoms with E-state index in [9.17, 15) is 22.6 Å². The summed E-state index contributed by atoms with van der Waals surface area (Å²) < 4.78 is 29.4. The van der Waals surface area contributed by atoms with E-state index < -0.39 is 39.6 Å². The second-order valence-electron chi connectivity index (χ2n) is 6.28. The molecule has 3 N–H and O–H groups in total. The van der Waals surface area contributed by atoms with Crippen LogP contribution in [-0.2, 0) is 19.7 Å². The maximum Gasteiger partial charge on any atom is 1.00 e. The molecule has 0 aromatic rings. The summed E-state index contributed by atoms with van der Waals surface area (Å²) >= 11 is 0. The zero-order valence-corrected chi connectivity index (χ0v) is 19.3. The van der Waals surface area contributed by atoms with Gasteiger partial charge >= 0.3 is 63.3 Å². The minimum absolute atomic E-state index is 0. The van der Waals surface area contributed by atoms with E-state index in [-0.39, 0.29) is 59.2 Å². The predicted molar refractivity (Wildman–Crippen MR) is 91.7 cm³/mol. The molecule has 1 unspecified atom stereocenters. The molecule has 0 spiro atoms. The monoisotopic (exact) mass is 406 g/mol. The molecular formula is C16H31KO7S. The van der Waals surface area contributed by atoms with Gasteiger partial charge in [-0.15, -0.1) is 0 Å². The van der Waals surface area contributed by atoms with Crippen LogP contribution in [0.3, 0.4) is 0 Å². The van der Waals surface area contributed by atoms with E-state index in [1.807, 2.05) is 0 Å². The van der Waals surface area contributed by atoms with Gasteiger partial charge in [0.1, 0.15) is 0 Å². The Kier molecular flexibility index (Phi) is 16.1. The molecular weight excluding hydrogens is 375 g/mol. The quantitative estimate of drug-likeness (QED) is 0.206. The minimum Gasteiger partial charge on any atom is -1.00 e. The van der Waals surface area contributed by atoms with Crippen molar-refractivity contribution in [3.05, 3.63) is 0 Å². The molecule has 0 amide bonds. The van der Waals surface area contributed by atoms with Gasteiger partial charge in [-0.2, -0.15) is 8.42 Å². The molecule has 9 heteroatoms. The van der Waals surface area contributed by atoms with Crippen molar-refractivity contribution >= 4 is 22.1 Å². The van der Waals surface area contributed by atoms with E-state index in [4.69, 9.17) is 10.2 Å². The van der Waals surface area contributed by atoms with Crippen LogP contribution >= 0.6 is 0 Å². The van der Waals surface area contributed by atoms with E-state index >= 15 is 0 Å². The number of carbonyl (C=O) groups is 2. The number of aliphatic carboxylic acids is 2. The molecule has 25 heavy (non-hydrogen) atoms. The van der Waals surface area contributed by atoms with Gasteiger partial charge in [0, 0.05) is 0 Å². The molecule has 0 saturated carbocycles. The number of hydrogen-bond donors (Lipinski definition) is 3. The van der Waals surface area contributed by atoms with Crippen molar-refractivity contribution in [2.45, 2.75) is 88.7 Å². The first-order valence-corrected chi connectivity index (χ1v) is 10.0. The van der Waals surface area contributed by atoms with E-state index in [1.54, 1.807) is 0 Å². The normalized spacial score (nSPS) is 13.7. The fourth-order valence-electron chi connectivity index (χ4n) is 2.74. The summed E-state index contributed by atoms with van der Waals surface area (Å²) in [6.45, 7) is 2.16. The number of carboxylic acid groups (broad SMARTS) is 2. The first-order valence-electron chi connectivity index (χ1n) is 8.59. The Morgan fingerprint density at radius 2 is 1.28 bits per heavy atom. The zero-order chi connectivity index (χ0) is 18.6. The Balaban J connectivity index is -0.00000264. The molecule has 144 valence electrons. The number of carboxylic acids is 2. The average Bonchev–Trinajstić information content (AvgIpc) is 2.46. The topological polar surface area (TPSA) is 129 Å². The van der Waals surface area contributed by atoms with Gasteiger partial charge in [0.2, 0.25) is 4.75 Å². The average molecular weight is 407 g/mol. The molecule has 0 radical (unpaired) electrons. The van der Waals surface area contributed by atoms with Crippen molar-refractivity contribution in [2.24, 2.45) is 0 Å². The maximum atomic E-state index is 11.4. The molecule has 1 atom stereocenters. The van der Waals surface area contributed by atoms with Gasteiger partial charge < -0.3 is 11.6 Å². The fourth-order valence-corrected chi connectivity index (χ4v) is 3.67. The van der Waals surface area contributed by atoms with Crippen molar-refractivity contribution in [3.8, 4) is 0 Å². The SMILES string of the molecule is CCCCCCCCCCCCC(CC(=O)O)(C(=O)O)S(=O)(=O)O.[H-].[K+]. The third-order valence-corrected chi connectivity index (χ3v) is 5.77. The number of rotatable bonds is 15. The van der Waals surface area contributed by atoms with E-state index in [2.05, 4.69) is 6.92 Å². The molecule has 0 bridgehead atoms. The van der Waals surface area contributed by atoms with E-state index in [0.29, 0.717) is 6.42 Å². The first-order chi connectivity index (χ1) is 11.2. The predicted octanol–water partition coefficient (Wildman–Crippen LogP) is 0.600. The summed E-state index contributed by atoms with van der Waals surface area (Å²) in [5, 5.41) is 17.9.